The van der Waals surface area contributed by atoms with E-state index in [-0.39, 0.29) is 11.0 Å². The molecule has 0 heterocycles. The van der Waals surface area contributed by atoms with Gasteiger partial charge < -0.3 is 8.85 Å². The Labute approximate surface area is 135 Å². The molecule has 0 fully saturated rings. The average molecular weight is 345 g/mol. The summed E-state index contributed by atoms with van der Waals surface area (Å²) >= 11 is 0. The van der Waals surface area contributed by atoms with Crippen molar-refractivity contribution in [3.8, 4) is 0 Å². The Kier molecular flexibility index (Phi) is 7.10. The van der Waals surface area contributed by atoms with Crippen molar-refractivity contribution in [1.29, 1.82) is 0 Å². The van der Waals surface area contributed by atoms with Gasteiger partial charge in [0.1, 0.15) is 8.07 Å². The maximum atomic E-state index is 6.63. The van der Waals surface area contributed by atoms with Crippen LogP contribution in [0.4, 0.5) is 0 Å². The molecule has 21 heavy (non-hydrogen) atoms. The standard InChI is InChI=1S/C16H36O2Si3/c1-12-16(5,18-20(8,9)14-3)21(10,11)17-15(4)19(6,7)13-2/h13-15H,2-3,12H2,1,4-11H3. The largest absolute Gasteiger partial charge is 0.415 e. The first-order valence-corrected chi connectivity index (χ1v) is 17.0. The van der Waals surface area contributed by atoms with Gasteiger partial charge in [0, 0.05) is 5.73 Å². The van der Waals surface area contributed by atoms with Crippen LogP contribution in [0, 0.1) is 0 Å². The van der Waals surface area contributed by atoms with E-state index < -0.39 is 24.7 Å². The van der Waals surface area contributed by atoms with Crippen LogP contribution in [0.3, 0.4) is 0 Å². The first-order chi connectivity index (χ1) is 9.27. The van der Waals surface area contributed by atoms with Crippen molar-refractivity contribution in [1.82, 2.24) is 0 Å². The fourth-order valence-electron chi connectivity index (χ4n) is 2.13. The van der Waals surface area contributed by atoms with E-state index in [1.54, 1.807) is 0 Å². The first-order valence-electron chi connectivity index (χ1n) is 7.92. The highest BCUT2D eigenvalue weighted by Gasteiger charge is 2.49. The third-order valence-electron chi connectivity index (χ3n) is 4.97. The minimum absolute atomic E-state index is 0.184. The number of hydrogen-bond donors (Lipinski definition) is 0. The lowest BCUT2D eigenvalue weighted by molar-refractivity contribution is 0.113. The molecule has 0 aromatic carbocycles. The highest BCUT2D eigenvalue weighted by atomic mass is 28.4. The molecule has 5 heteroatoms. The van der Waals surface area contributed by atoms with Crippen molar-refractivity contribution >= 4 is 24.7 Å². The molecule has 0 aliphatic carbocycles. The molecule has 2 nitrogen and oxygen atoms in total. The minimum atomic E-state index is -2.02. The van der Waals surface area contributed by atoms with Crippen molar-refractivity contribution in [3.05, 3.63) is 24.6 Å². The van der Waals surface area contributed by atoms with Crippen LogP contribution in [0.5, 0.6) is 0 Å². The zero-order valence-electron chi connectivity index (χ0n) is 15.7. The average Bonchev–Trinajstić information content (AvgIpc) is 2.37. The molecule has 0 N–H and O–H groups in total. The molecule has 0 rings (SSSR count). The SMILES string of the molecule is C=C[Si](C)(C)OC(C)(CC)[Si](C)(C)OC(C)[Si](C)(C)C=C. The minimum Gasteiger partial charge on any atom is -0.415 e. The van der Waals surface area contributed by atoms with Crippen LogP contribution in [0.2, 0.25) is 39.3 Å². The van der Waals surface area contributed by atoms with E-state index in [2.05, 4.69) is 78.9 Å². The second-order valence-corrected chi connectivity index (χ2v) is 20.8. The second-order valence-electron chi connectivity index (χ2n) is 7.79. The van der Waals surface area contributed by atoms with E-state index in [9.17, 15) is 0 Å². The van der Waals surface area contributed by atoms with Crippen LogP contribution in [-0.2, 0) is 8.85 Å². The van der Waals surface area contributed by atoms with Gasteiger partial charge in [-0.1, -0.05) is 31.4 Å². The maximum absolute atomic E-state index is 6.63. The summed E-state index contributed by atoms with van der Waals surface area (Å²) in [7, 11) is -5.40. The van der Waals surface area contributed by atoms with Crippen molar-refractivity contribution in [2.24, 2.45) is 0 Å². The van der Waals surface area contributed by atoms with Gasteiger partial charge in [-0.15, -0.1) is 13.2 Å². The van der Waals surface area contributed by atoms with Crippen LogP contribution >= 0.6 is 0 Å². The Bertz CT molecular complexity index is 378. The lowest BCUT2D eigenvalue weighted by Crippen LogP contribution is -2.62. The van der Waals surface area contributed by atoms with Gasteiger partial charge in [-0.2, -0.15) is 0 Å². The predicted molar refractivity (Wildman–Crippen MR) is 103 cm³/mol. The summed E-state index contributed by atoms with van der Waals surface area (Å²) in [5.41, 5.74) is 4.39. The molecule has 0 saturated heterocycles. The number of rotatable bonds is 9. The lowest BCUT2D eigenvalue weighted by atomic mass is 10.3. The molecule has 0 aromatic heterocycles. The Morgan fingerprint density at radius 3 is 1.86 bits per heavy atom. The monoisotopic (exact) mass is 344 g/mol. The van der Waals surface area contributed by atoms with E-state index in [4.69, 9.17) is 8.85 Å². The van der Waals surface area contributed by atoms with Gasteiger partial charge in [-0.3, -0.25) is 0 Å². The molecule has 2 atom stereocenters. The zero-order valence-corrected chi connectivity index (χ0v) is 18.7. The molecule has 2 unspecified atom stereocenters. The van der Waals surface area contributed by atoms with E-state index in [1.165, 1.54) is 0 Å². The van der Waals surface area contributed by atoms with Crippen LogP contribution in [0.15, 0.2) is 24.6 Å². The summed E-state index contributed by atoms with van der Waals surface area (Å²) in [6, 6.07) is 0. The third kappa shape index (κ3) is 5.32. The molecule has 124 valence electrons. The molecule has 0 aliphatic rings. The maximum Gasteiger partial charge on any atom is 0.216 e. The van der Waals surface area contributed by atoms with E-state index in [0.29, 0.717) is 0 Å². The molecule has 0 aliphatic heterocycles. The summed E-state index contributed by atoms with van der Waals surface area (Å²) in [6.07, 6.45) is 0.972. The molecule has 0 bridgehead atoms. The molecular formula is C16H36O2Si3. The summed E-state index contributed by atoms with van der Waals surface area (Å²) in [6.45, 7) is 28.2. The first kappa shape index (κ1) is 21.1. The highest BCUT2D eigenvalue weighted by Crippen LogP contribution is 2.34. The van der Waals surface area contributed by atoms with E-state index >= 15 is 0 Å². The van der Waals surface area contributed by atoms with Crippen molar-refractivity contribution in [2.45, 2.75) is 77.4 Å². The Morgan fingerprint density at radius 2 is 1.52 bits per heavy atom. The van der Waals surface area contributed by atoms with Gasteiger partial charge in [-0.05, 0) is 46.5 Å². The van der Waals surface area contributed by atoms with Crippen LogP contribution in [0.25, 0.3) is 0 Å². The van der Waals surface area contributed by atoms with Gasteiger partial charge in [0.25, 0.3) is 0 Å². The molecular weight excluding hydrogens is 308 g/mol. The molecule has 0 saturated carbocycles. The summed E-state index contributed by atoms with van der Waals surface area (Å²) in [4.78, 5) is 0. The molecule has 0 aromatic rings. The van der Waals surface area contributed by atoms with Gasteiger partial charge >= 0.3 is 0 Å². The fraction of sp³-hybridized carbons (Fsp3) is 0.750. The Morgan fingerprint density at radius 1 is 1.05 bits per heavy atom. The molecule has 0 radical (unpaired) electrons. The van der Waals surface area contributed by atoms with E-state index in [1.807, 2.05) is 5.70 Å². The Balaban J connectivity index is 5.33. The van der Waals surface area contributed by atoms with Gasteiger partial charge in [0.15, 0.2) is 0 Å². The van der Waals surface area contributed by atoms with Gasteiger partial charge in [-0.25, -0.2) is 0 Å². The normalized spacial score (nSPS) is 18.0. The zero-order chi connectivity index (χ0) is 17.1. The van der Waals surface area contributed by atoms with Crippen molar-refractivity contribution in [2.75, 3.05) is 0 Å². The van der Waals surface area contributed by atoms with Crippen LogP contribution < -0.4 is 0 Å². The van der Waals surface area contributed by atoms with Crippen molar-refractivity contribution < 1.29 is 8.85 Å². The Hall–Kier alpha value is 0.0506. The summed E-state index contributed by atoms with van der Waals surface area (Å²) in [5, 5.41) is -0.184. The summed E-state index contributed by atoms with van der Waals surface area (Å²) < 4.78 is 13.2. The molecule has 0 amide bonds. The smallest absolute Gasteiger partial charge is 0.216 e. The predicted octanol–water partition coefficient (Wildman–Crippen LogP) is 5.22. The lowest BCUT2D eigenvalue weighted by Gasteiger charge is -2.47. The topological polar surface area (TPSA) is 18.5 Å². The highest BCUT2D eigenvalue weighted by molar-refractivity contribution is 6.85. The third-order valence-corrected chi connectivity index (χ3v) is 14.6. The van der Waals surface area contributed by atoms with Gasteiger partial charge in [0.2, 0.25) is 16.6 Å². The van der Waals surface area contributed by atoms with Gasteiger partial charge in [0.05, 0.1) is 5.22 Å². The van der Waals surface area contributed by atoms with E-state index in [0.717, 1.165) is 6.42 Å². The van der Waals surface area contributed by atoms with Crippen molar-refractivity contribution in [3.63, 3.8) is 0 Å². The molecule has 0 spiro atoms. The van der Waals surface area contributed by atoms with Crippen LogP contribution in [0.1, 0.15) is 27.2 Å². The number of hydrogen-bond acceptors (Lipinski definition) is 2. The second kappa shape index (κ2) is 7.08. The van der Waals surface area contributed by atoms with Crippen LogP contribution in [-0.4, -0.2) is 35.7 Å². The summed E-state index contributed by atoms with van der Waals surface area (Å²) in [5.74, 6) is 0. The fourth-order valence-corrected chi connectivity index (χ4v) is 9.70. The quantitative estimate of drug-likeness (QED) is 0.534.